The third-order valence-corrected chi connectivity index (χ3v) is 3.27. The second-order valence-electron chi connectivity index (χ2n) is 4.09. The van der Waals surface area contributed by atoms with Gasteiger partial charge in [-0.3, -0.25) is 0 Å². The van der Waals surface area contributed by atoms with Crippen LogP contribution in [0.5, 0.6) is 0 Å². The van der Waals surface area contributed by atoms with Gasteiger partial charge < -0.3 is 5.32 Å². The molecule has 0 saturated carbocycles. The van der Waals surface area contributed by atoms with Crippen LogP contribution in [0.4, 0.5) is 4.39 Å². The Kier molecular flexibility index (Phi) is 4.50. The molecular formula is C15H15BrFN. The number of nitrogens with one attached hydrogen (secondary N) is 1. The maximum atomic E-state index is 13.4. The van der Waals surface area contributed by atoms with Gasteiger partial charge in [-0.05, 0) is 47.5 Å². The molecule has 0 amide bonds. The van der Waals surface area contributed by atoms with E-state index in [-0.39, 0.29) is 5.82 Å². The Hall–Kier alpha value is -1.19. The van der Waals surface area contributed by atoms with Gasteiger partial charge in [-0.2, -0.15) is 0 Å². The SMILES string of the molecule is CCNCc1ccc(F)cc1-c1cccc(Br)c1. The molecule has 0 heterocycles. The highest BCUT2D eigenvalue weighted by atomic mass is 79.9. The molecule has 0 atom stereocenters. The summed E-state index contributed by atoms with van der Waals surface area (Å²) in [5, 5.41) is 3.27. The number of hydrogen-bond acceptors (Lipinski definition) is 1. The second-order valence-corrected chi connectivity index (χ2v) is 5.01. The van der Waals surface area contributed by atoms with E-state index in [9.17, 15) is 4.39 Å². The molecule has 0 aliphatic rings. The Morgan fingerprint density at radius 2 is 2.00 bits per heavy atom. The summed E-state index contributed by atoms with van der Waals surface area (Å²) in [7, 11) is 0. The Bertz CT molecular complexity index is 540. The summed E-state index contributed by atoms with van der Waals surface area (Å²) in [6.45, 7) is 3.70. The highest BCUT2D eigenvalue weighted by Crippen LogP contribution is 2.27. The number of rotatable bonds is 4. The van der Waals surface area contributed by atoms with Crippen molar-refractivity contribution in [2.75, 3.05) is 6.54 Å². The first kappa shape index (κ1) is 13.2. The molecule has 0 saturated heterocycles. The van der Waals surface area contributed by atoms with Crippen molar-refractivity contribution in [3.63, 3.8) is 0 Å². The fraction of sp³-hybridized carbons (Fsp3) is 0.200. The summed E-state index contributed by atoms with van der Waals surface area (Å²) in [6, 6.07) is 12.9. The monoisotopic (exact) mass is 307 g/mol. The lowest BCUT2D eigenvalue weighted by Crippen LogP contribution is -2.12. The highest BCUT2D eigenvalue weighted by molar-refractivity contribution is 9.10. The van der Waals surface area contributed by atoms with Gasteiger partial charge in [0.2, 0.25) is 0 Å². The van der Waals surface area contributed by atoms with Crippen molar-refractivity contribution < 1.29 is 4.39 Å². The van der Waals surface area contributed by atoms with Crippen LogP contribution >= 0.6 is 15.9 Å². The van der Waals surface area contributed by atoms with Crippen LogP contribution in [0.3, 0.4) is 0 Å². The van der Waals surface area contributed by atoms with Crippen molar-refractivity contribution in [3.8, 4) is 11.1 Å². The van der Waals surface area contributed by atoms with E-state index in [1.54, 1.807) is 6.07 Å². The van der Waals surface area contributed by atoms with Crippen LogP contribution < -0.4 is 5.32 Å². The van der Waals surface area contributed by atoms with Crippen molar-refractivity contribution in [2.24, 2.45) is 0 Å². The topological polar surface area (TPSA) is 12.0 Å². The van der Waals surface area contributed by atoms with Crippen molar-refractivity contribution >= 4 is 15.9 Å². The van der Waals surface area contributed by atoms with Gasteiger partial charge in [-0.25, -0.2) is 4.39 Å². The molecule has 94 valence electrons. The van der Waals surface area contributed by atoms with Gasteiger partial charge in [0, 0.05) is 11.0 Å². The summed E-state index contributed by atoms with van der Waals surface area (Å²) < 4.78 is 14.4. The molecule has 18 heavy (non-hydrogen) atoms. The molecule has 2 aromatic rings. The molecule has 0 spiro atoms. The molecule has 1 N–H and O–H groups in total. The third-order valence-electron chi connectivity index (χ3n) is 2.77. The predicted octanol–water partition coefficient (Wildman–Crippen LogP) is 4.36. The molecule has 3 heteroatoms. The fourth-order valence-electron chi connectivity index (χ4n) is 1.89. The molecule has 2 aromatic carbocycles. The Labute approximate surface area is 115 Å². The minimum atomic E-state index is -0.203. The average Bonchev–Trinajstić information content (AvgIpc) is 2.37. The average molecular weight is 308 g/mol. The van der Waals surface area contributed by atoms with Gasteiger partial charge in [-0.1, -0.05) is 41.1 Å². The first-order chi connectivity index (χ1) is 8.70. The molecule has 0 fully saturated rings. The molecule has 2 rings (SSSR count). The summed E-state index contributed by atoms with van der Waals surface area (Å²) in [5.41, 5.74) is 3.07. The van der Waals surface area contributed by atoms with E-state index in [4.69, 9.17) is 0 Å². The van der Waals surface area contributed by atoms with Gasteiger partial charge in [0.1, 0.15) is 5.82 Å². The Morgan fingerprint density at radius 1 is 1.17 bits per heavy atom. The van der Waals surface area contributed by atoms with E-state index in [1.165, 1.54) is 6.07 Å². The van der Waals surface area contributed by atoms with Crippen LogP contribution in [-0.2, 0) is 6.54 Å². The number of benzene rings is 2. The molecule has 0 aromatic heterocycles. The summed E-state index contributed by atoms with van der Waals surface area (Å²) >= 11 is 3.45. The van der Waals surface area contributed by atoms with E-state index in [2.05, 4.69) is 28.2 Å². The lowest BCUT2D eigenvalue weighted by molar-refractivity contribution is 0.626. The van der Waals surface area contributed by atoms with E-state index in [0.717, 1.165) is 34.3 Å². The maximum Gasteiger partial charge on any atom is 0.123 e. The van der Waals surface area contributed by atoms with Crippen LogP contribution in [0, 0.1) is 5.82 Å². The smallest absolute Gasteiger partial charge is 0.123 e. The fourth-order valence-corrected chi connectivity index (χ4v) is 2.29. The van der Waals surface area contributed by atoms with Crippen LogP contribution in [0.25, 0.3) is 11.1 Å². The normalized spacial score (nSPS) is 10.6. The van der Waals surface area contributed by atoms with Gasteiger partial charge in [0.15, 0.2) is 0 Å². The zero-order valence-electron chi connectivity index (χ0n) is 10.2. The van der Waals surface area contributed by atoms with Gasteiger partial charge >= 0.3 is 0 Å². The first-order valence-corrected chi connectivity index (χ1v) is 6.75. The standard InChI is InChI=1S/C15H15BrFN/c1-2-18-10-12-6-7-14(17)9-15(12)11-4-3-5-13(16)8-11/h3-9,18H,2,10H2,1H3. The van der Waals surface area contributed by atoms with Crippen LogP contribution in [0.2, 0.25) is 0 Å². The van der Waals surface area contributed by atoms with Gasteiger partial charge in [0.05, 0.1) is 0 Å². The van der Waals surface area contributed by atoms with E-state index >= 15 is 0 Å². The molecule has 0 aliphatic heterocycles. The lowest BCUT2D eigenvalue weighted by Gasteiger charge is -2.11. The maximum absolute atomic E-state index is 13.4. The van der Waals surface area contributed by atoms with E-state index in [1.807, 2.05) is 30.3 Å². The minimum absolute atomic E-state index is 0.203. The molecule has 0 bridgehead atoms. The largest absolute Gasteiger partial charge is 0.313 e. The Morgan fingerprint density at radius 3 is 2.72 bits per heavy atom. The molecule has 0 radical (unpaired) electrons. The highest BCUT2D eigenvalue weighted by Gasteiger charge is 2.06. The van der Waals surface area contributed by atoms with Gasteiger partial charge in [0.25, 0.3) is 0 Å². The van der Waals surface area contributed by atoms with Crippen LogP contribution in [0.15, 0.2) is 46.9 Å². The van der Waals surface area contributed by atoms with E-state index in [0.29, 0.717) is 0 Å². The number of halogens is 2. The van der Waals surface area contributed by atoms with Gasteiger partial charge in [-0.15, -0.1) is 0 Å². The van der Waals surface area contributed by atoms with Crippen molar-refractivity contribution in [3.05, 3.63) is 58.3 Å². The predicted molar refractivity (Wildman–Crippen MR) is 76.9 cm³/mol. The summed E-state index contributed by atoms with van der Waals surface area (Å²) in [6.07, 6.45) is 0. The van der Waals surface area contributed by atoms with Crippen LogP contribution in [-0.4, -0.2) is 6.54 Å². The molecular weight excluding hydrogens is 293 g/mol. The molecule has 0 unspecified atom stereocenters. The quantitative estimate of drug-likeness (QED) is 0.884. The van der Waals surface area contributed by atoms with Crippen molar-refractivity contribution in [1.29, 1.82) is 0 Å². The molecule has 1 nitrogen and oxygen atoms in total. The third kappa shape index (κ3) is 3.18. The summed E-state index contributed by atoms with van der Waals surface area (Å²) in [5.74, 6) is -0.203. The summed E-state index contributed by atoms with van der Waals surface area (Å²) in [4.78, 5) is 0. The van der Waals surface area contributed by atoms with Crippen molar-refractivity contribution in [2.45, 2.75) is 13.5 Å². The van der Waals surface area contributed by atoms with E-state index < -0.39 is 0 Å². The minimum Gasteiger partial charge on any atom is -0.313 e. The van der Waals surface area contributed by atoms with Crippen molar-refractivity contribution in [1.82, 2.24) is 5.32 Å². The number of hydrogen-bond donors (Lipinski definition) is 1. The molecule has 0 aliphatic carbocycles. The second kappa shape index (κ2) is 6.12. The zero-order chi connectivity index (χ0) is 13.0. The Balaban J connectivity index is 2.44. The first-order valence-electron chi connectivity index (χ1n) is 5.96. The lowest BCUT2D eigenvalue weighted by atomic mass is 9.99. The van der Waals surface area contributed by atoms with Crippen LogP contribution in [0.1, 0.15) is 12.5 Å². The zero-order valence-corrected chi connectivity index (χ0v) is 11.8.